The average Bonchev–Trinajstić information content (AvgIpc) is 3.15. The number of carbonyl (C=O) groups is 1. The Morgan fingerprint density at radius 3 is 2.83 bits per heavy atom. The van der Waals surface area contributed by atoms with Crippen molar-refractivity contribution in [2.24, 2.45) is 0 Å². The predicted octanol–water partition coefficient (Wildman–Crippen LogP) is 1.44. The standard InChI is InChI=1S/C14H22F2N4O3S/c1-3-9-24(22,23)20-7-4-5-11(20)13(21)18(2)10-12-17-6-8-19(12)14(15)16/h6,8,11,14H,3-5,7,9-10H2,1-2H3. The normalized spacial score (nSPS) is 19.1. The molecule has 1 saturated heterocycles. The molecule has 24 heavy (non-hydrogen) atoms. The molecule has 1 aliphatic heterocycles. The van der Waals surface area contributed by atoms with Gasteiger partial charge in [0.2, 0.25) is 15.9 Å². The van der Waals surface area contributed by atoms with E-state index >= 15 is 0 Å². The number of likely N-dealkylation sites (N-methyl/N-ethyl adjacent to an activating group) is 1. The summed E-state index contributed by atoms with van der Waals surface area (Å²) in [7, 11) is -2.01. The van der Waals surface area contributed by atoms with Crippen molar-refractivity contribution in [3.05, 3.63) is 18.2 Å². The van der Waals surface area contributed by atoms with Gasteiger partial charge in [0.1, 0.15) is 11.9 Å². The number of aromatic nitrogens is 2. The molecule has 0 saturated carbocycles. The predicted molar refractivity (Wildman–Crippen MR) is 83.8 cm³/mol. The Bertz CT molecular complexity index is 677. The molecule has 0 spiro atoms. The summed E-state index contributed by atoms with van der Waals surface area (Å²) in [6, 6.07) is -0.762. The molecule has 0 aromatic carbocycles. The number of nitrogens with zero attached hydrogens (tertiary/aromatic N) is 4. The lowest BCUT2D eigenvalue weighted by Gasteiger charge is -2.27. The number of halogens is 2. The average molecular weight is 364 g/mol. The molecule has 1 aromatic heterocycles. The zero-order valence-electron chi connectivity index (χ0n) is 13.7. The monoisotopic (exact) mass is 364 g/mol. The van der Waals surface area contributed by atoms with Crippen LogP contribution in [0.5, 0.6) is 0 Å². The second kappa shape index (κ2) is 7.56. The zero-order valence-corrected chi connectivity index (χ0v) is 14.5. The lowest BCUT2D eigenvalue weighted by atomic mass is 10.2. The molecule has 0 aliphatic carbocycles. The molecule has 0 bridgehead atoms. The molecular weight excluding hydrogens is 342 g/mol. The summed E-state index contributed by atoms with van der Waals surface area (Å²) in [5, 5.41) is 0. The minimum atomic E-state index is -3.48. The van der Waals surface area contributed by atoms with E-state index in [1.165, 1.54) is 22.4 Å². The summed E-state index contributed by atoms with van der Waals surface area (Å²) in [6.07, 6.45) is 3.91. The van der Waals surface area contributed by atoms with Gasteiger partial charge in [0, 0.05) is 26.0 Å². The molecule has 10 heteroatoms. The summed E-state index contributed by atoms with van der Waals surface area (Å²) < 4.78 is 52.2. The molecule has 136 valence electrons. The smallest absolute Gasteiger partial charge is 0.319 e. The van der Waals surface area contributed by atoms with Crippen LogP contribution in [-0.2, 0) is 21.4 Å². The van der Waals surface area contributed by atoms with Crippen molar-refractivity contribution < 1.29 is 22.0 Å². The SMILES string of the molecule is CCCS(=O)(=O)N1CCCC1C(=O)N(C)Cc1nccn1C(F)F. The van der Waals surface area contributed by atoms with E-state index in [4.69, 9.17) is 0 Å². The Kier molecular flexibility index (Phi) is 5.92. The Balaban J connectivity index is 2.11. The molecule has 1 amide bonds. The van der Waals surface area contributed by atoms with Gasteiger partial charge in [-0.1, -0.05) is 6.92 Å². The van der Waals surface area contributed by atoms with Gasteiger partial charge in [-0.15, -0.1) is 0 Å². The number of imidazole rings is 1. The molecule has 1 aromatic rings. The van der Waals surface area contributed by atoms with Gasteiger partial charge in [0.05, 0.1) is 12.3 Å². The van der Waals surface area contributed by atoms with E-state index in [0.29, 0.717) is 30.4 Å². The summed E-state index contributed by atoms with van der Waals surface area (Å²) >= 11 is 0. The number of hydrogen-bond acceptors (Lipinski definition) is 4. The Hall–Kier alpha value is -1.55. The quantitative estimate of drug-likeness (QED) is 0.734. The van der Waals surface area contributed by atoms with Crippen LogP contribution in [0, 0.1) is 0 Å². The van der Waals surface area contributed by atoms with E-state index in [2.05, 4.69) is 4.98 Å². The third-order valence-electron chi connectivity index (χ3n) is 4.02. The van der Waals surface area contributed by atoms with E-state index in [0.717, 1.165) is 6.20 Å². The van der Waals surface area contributed by atoms with Crippen LogP contribution in [0.1, 0.15) is 38.6 Å². The minimum Gasteiger partial charge on any atom is -0.337 e. The highest BCUT2D eigenvalue weighted by Crippen LogP contribution is 2.24. The number of sulfonamides is 1. The Labute approximate surface area is 140 Å². The van der Waals surface area contributed by atoms with Crippen LogP contribution >= 0.6 is 0 Å². The van der Waals surface area contributed by atoms with Crippen molar-refractivity contribution in [2.75, 3.05) is 19.3 Å². The summed E-state index contributed by atoms with van der Waals surface area (Å²) in [4.78, 5) is 17.7. The minimum absolute atomic E-state index is 0.00369. The van der Waals surface area contributed by atoms with Crippen LogP contribution in [0.15, 0.2) is 12.4 Å². The van der Waals surface area contributed by atoms with E-state index < -0.39 is 28.5 Å². The number of rotatable bonds is 7. The fraction of sp³-hybridized carbons (Fsp3) is 0.714. The van der Waals surface area contributed by atoms with Crippen LogP contribution in [-0.4, -0.2) is 58.5 Å². The van der Waals surface area contributed by atoms with E-state index in [1.54, 1.807) is 6.92 Å². The fourth-order valence-corrected chi connectivity index (χ4v) is 4.62. The maximum Gasteiger partial charge on any atom is 0.319 e. The first kappa shape index (κ1) is 18.8. The number of hydrogen-bond donors (Lipinski definition) is 0. The fourth-order valence-electron chi connectivity index (χ4n) is 2.88. The van der Waals surface area contributed by atoms with Gasteiger partial charge in [0.25, 0.3) is 0 Å². The van der Waals surface area contributed by atoms with E-state index in [1.807, 2.05) is 0 Å². The van der Waals surface area contributed by atoms with E-state index in [-0.39, 0.29) is 18.1 Å². The molecule has 0 radical (unpaired) electrons. The maximum absolute atomic E-state index is 12.8. The van der Waals surface area contributed by atoms with Crippen molar-refractivity contribution in [1.82, 2.24) is 18.8 Å². The summed E-state index contributed by atoms with van der Waals surface area (Å²) in [5.74, 6) is -0.339. The van der Waals surface area contributed by atoms with Crippen molar-refractivity contribution in [1.29, 1.82) is 0 Å². The Morgan fingerprint density at radius 2 is 2.21 bits per heavy atom. The largest absolute Gasteiger partial charge is 0.337 e. The molecule has 2 heterocycles. The number of alkyl halides is 2. The first-order chi connectivity index (χ1) is 11.3. The third kappa shape index (κ3) is 3.92. The summed E-state index contributed by atoms with van der Waals surface area (Å²) in [6.45, 7) is -0.758. The van der Waals surface area contributed by atoms with Crippen molar-refractivity contribution in [3.63, 3.8) is 0 Å². The molecule has 1 fully saturated rings. The van der Waals surface area contributed by atoms with Crippen LogP contribution in [0.3, 0.4) is 0 Å². The molecular formula is C14H22F2N4O3S. The van der Waals surface area contributed by atoms with Crippen molar-refractivity contribution in [3.8, 4) is 0 Å². The van der Waals surface area contributed by atoms with Gasteiger partial charge in [-0.3, -0.25) is 9.36 Å². The van der Waals surface area contributed by atoms with Crippen molar-refractivity contribution >= 4 is 15.9 Å². The van der Waals surface area contributed by atoms with Gasteiger partial charge >= 0.3 is 6.55 Å². The number of amides is 1. The highest BCUT2D eigenvalue weighted by molar-refractivity contribution is 7.89. The topological polar surface area (TPSA) is 75.5 Å². The zero-order chi connectivity index (χ0) is 17.9. The van der Waals surface area contributed by atoms with Crippen LogP contribution < -0.4 is 0 Å². The lowest BCUT2D eigenvalue weighted by Crippen LogP contribution is -2.47. The van der Waals surface area contributed by atoms with E-state index in [9.17, 15) is 22.0 Å². The maximum atomic E-state index is 12.8. The molecule has 1 atom stereocenters. The van der Waals surface area contributed by atoms with Crippen LogP contribution in [0.4, 0.5) is 8.78 Å². The first-order valence-electron chi connectivity index (χ1n) is 7.82. The summed E-state index contributed by atoms with van der Waals surface area (Å²) in [5.41, 5.74) is 0. The van der Waals surface area contributed by atoms with Crippen LogP contribution in [0.25, 0.3) is 0 Å². The van der Waals surface area contributed by atoms with Gasteiger partial charge in [-0.25, -0.2) is 13.4 Å². The third-order valence-corrected chi connectivity index (χ3v) is 6.10. The Morgan fingerprint density at radius 1 is 1.50 bits per heavy atom. The molecule has 7 nitrogen and oxygen atoms in total. The molecule has 1 aliphatic rings. The van der Waals surface area contributed by atoms with Gasteiger partial charge in [0.15, 0.2) is 0 Å². The molecule has 2 rings (SSSR count). The van der Waals surface area contributed by atoms with Crippen molar-refractivity contribution in [2.45, 2.75) is 45.3 Å². The highest BCUT2D eigenvalue weighted by atomic mass is 32.2. The highest BCUT2D eigenvalue weighted by Gasteiger charge is 2.39. The molecule has 0 N–H and O–H groups in total. The number of carbonyl (C=O) groups excluding carboxylic acids is 1. The van der Waals surface area contributed by atoms with Gasteiger partial charge < -0.3 is 4.90 Å². The lowest BCUT2D eigenvalue weighted by molar-refractivity contribution is -0.134. The van der Waals surface area contributed by atoms with Gasteiger partial charge in [-0.05, 0) is 19.3 Å². The second-order valence-electron chi connectivity index (χ2n) is 5.81. The van der Waals surface area contributed by atoms with Gasteiger partial charge in [-0.2, -0.15) is 13.1 Å². The second-order valence-corrected chi connectivity index (χ2v) is 7.85. The molecule has 1 unspecified atom stereocenters. The first-order valence-corrected chi connectivity index (χ1v) is 9.43. The van der Waals surface area contributed by atoms with Crippen LogP contribution in [0.2, 0.25) is 0 Å².